The van der Waals surface area contributed by atoms with Crippen LogP contribution in [0.5, 0.6) is 5.75 Å². The monoisotopic (exact) mass is 516 g/mol. The topological polar surface area (TPSA) is 126 Å². The molecule has 0 saturated heterocycles. The van der Waals surface area contributed by atoms with Gasteiger partial charge in [-0.15, -0.1) is 0 Å². The molecule has 0 aliphatic carbocycles. The summed E-state index contributed by atoms with van der Waals surface area (Å²) in [5.74, 6) is -0.699. The summed E-state index contributed by atoms with van der Waals surface area (Å²) in [7, 11) is 0. The fraction of sp³-hybridized carbons (Fsp3) is 0.310. The van der Waals surface area contributed by atoms with Crippen molar-refractivity contribution in [2.24, 2.45) is 0 Å². The van der Waals surface area contributed by atoms with Gasteiger partial charge in [0.1, 0.15) is 6.54 Å². The molecule has 0 fully saturated rings. The Labute approximate surface area is 221 Å². The molecule has 38 heavy (non-hydrogen) atoms. The summed E-state index contributed by atoms with van der Waals surface area (Å²) < 4.78 is 5.71. The summed E-state index contributed by atoms with van der Waals surface area (Å²) in [6.45, 7) is 2.28. The molecule has 1 atom stereocenters. The fourth-order valence-electron chi connectivity index (χ4n) is 4.53. The number of unbranched alkanes of at least 4 members (excludes halogenated alkanes) is 1. The van der Waals surface area contributed by atoms with E-state index in [2.05, 4.69) is 4.98 Å². The number of aryl methyl sites for hydroxylation is 1. The summed E-state index contributed by atoms with van der Waals surface area (Å²) in [6, 6.07) is 18.1. The second-order valence-corrected chi connectivity index (χ2v) is 9.39. The van der Waals surface area contributed by atoms with Gasteiger partial charge in [-0.1, -0.05) is 36.4 Å². The van der Waals surface area contributed by atoms with E-state index in [9.17, 15) is 19.5 Å². The highest BCUT2D eigenvalue weighted by Crippen LogP contribution is 2.30. The zero-order chi connectivity index (χ0) is 27.1. The van der Waals surface area contributed by atoms with Gasteiger partial charge in [0.15, 0.2) is 11.6 Å². The molecule has 1 aliphatic heterocycles. The summed E-state index contributed by atoms with van der Waals surface area (Å²) in [5.41, 5.74) is 8.64. The number of rotatable bonds is 11. The number of aliphatic carboxylic acids is 1. The van der Waals surface area contributed by atoms with Gasteiger partial charge >= 0.3 is 5.97 Å². The van der Waals surface area contributed by atoms with Gasteiger partial charge in [-0.05, 0) is 61.6 Å². The SMILES string of the molecule is CC(CC(=O)O)N1CC(=O)N(Cc2ccccc2)c2ccc(CCCCOc3cccnc3N)cc2C1=O. The Kier molecular flexibility index (Phi) is 8.58. The lowest BCUT2D eigenvalue weighted by Crippen LogP contribution is -2.44. The number of carboxylic acids is 1. The molecule has 0 radical (unpaired) electrons. The molecule has 0 spiro atoms. The van der Waals surface area contributed by atoms with Crippen molar-refractivity contribution in [2.45, 2.75) is 45.2 Å². The highest BCUT2D eigenvalue weighted by Gasteiger charge is 2.34. The molecular weight excluding hydrogens is 484 g/mol. The van der Waals surface area contributed by atoms with Crippen LogP contribution in [-0.2, 0) is 22.6 Å². The van der Waals surface area contributed by atoms with Crippen molar-refractivity contribution in [3.8, 4) is 5.75 Å². The number of fused-ring (bicyclic) bond motifs is 1. The number of carboxylic acid groups (broad SMARTS) is 1. The second-order valence-electron chi connectivity index (χ2n) is 9.39. The number of nitrogens with two attached hydrogens (primary N) is 1. The Bertz CT molecular complexity index is 1300. The second kappa shape index (κ2) is 12.2. The highest BCUT2D eigenvalue weighted by molar-refractivity contribution is 6.09. The minimum atomic E-state index is -1.02. The number of pyridine rings is 1. The van der Waals surface area contributed by atoms with Crippen molar-refractivity contribution >= 4 is 29.3 Å². The Morgan fingerprint density at radius 3 is 2.61 bits per heavy atom. The average molecular weight is 517 g/mol. The lowest BCUT2D eigenvalue weighted by Gasteiger charge is -2.26. The summed E-state index contributed by atoms with van der Waals surface area (Å²) in [4.78, 5) is 45.3. The van der Waals surface area contributed by atoms with Gasteiger partial charge in [-0.2, -0.15) is 0 Å². The van der Waals surface area contributed by atoms with E-state index in [0.717, 1.165) is 24.0 Å². The van der Waals surface area contributed by atoms with Crippen LogP contribution >= 0.6 is 0 Å². The highest BCUT2D eigenvalue weighted by atomic mass is 16.5. The third-order valence-corrected chi connectivity index (χ3v) is 6.55. The smallest absolute Gasteiger partial charge is 0.305 e. The molecular formula is C29H32N4O5. The quantitative estimate of drug-likeness (QED) is 0.370. The third kappa shape index (κ3) is 6.47. The van der Waals surface area contributed by atoms with Crippen LogP contribution < -0.4 is 15.4 Å². The number of hydrogen-bond acceptors (Lipinski definition) is 6. The molecule has 4 rings (SSSR count). The number of carbonyl (C=O) groups excluding carboxylic acids is 2. The van der Waals surface area contributed by atoms with Crippen LogP contribution in [0.15, 0.2) is 66.9 Å². The van der Waals surface area contributed by atoms with E-state index in [0.29, 0.717) is 42.4 Å². The normalized spacial score (nSPS) is 14.1. The van der Waals surface area contributed by atoms with E-state index in [1.807, 2.05) is 48.5 Å². The molecule has 1 aromatic heterocycles. The van der Waals surface area contributed by atoms with Crippen molar-refractivity contribution in [2.75, 3.05) is 23.8 Å². The van der Waals surface area contributed by atoms with Gasteiger partial charge in [0, 0.05) is 12.2 Å². The predicted molar refractivity (Wildman–Crippen MR) is 144 cm³/mol. The summed E-state index contributed by atoms with van der Waals surface area (Å²) >= 11 is 0. The van der Waals surface area contributed by atoms with E-state index < -0.39 is 12.0 Å². The van der Waals surface area contributed by atoms with Gasteiger partial charge in [-0.25, -0.2) is 4.98 Å². The average Bonchev–Trinajstić information content (AvgIpc) is 3.00. The van der Waals surface area contributed by atoms with Crippen molar-refractivity contribution in [1.29, 1.82) is 0 Å². The Morgan fingerprint density at radius 2 is 1.87 bits per heavy atom. The number of aromatic nitrogens is 1. The van der Waals surface area contributed by atoms with Gasteiger partial charge < -0.3 is 25.4 Å². The standard InChI is InChI=1S/C29H32N4O5/c1-20(16-27(35)36)32-19-26(34)33(18-22-9-3-2-4-10-22)24-13-12-21(17-23(24)29(32)37)8-5-6-15-38-25-11-7-14-31-28(25)30/h2-4,7,9-14,17,20H,5-6,8,15-16,18-19H2,1H3,(H2,30,31)(H,35,36). The van der Waals surface area contributed by atoms with Gasteiger partial charge in [0.05, 0.1) is 30.8 Å². The molecule has 9 heteroatoms. The van der Waals surface area contributed by atoms with Crippen LogP contribution in [0.3, 0.4) is 0 Å². The van der Waals surface area contributed by atoms with E-state index in [1.54, 1.807) is 30.2 Å². The largest absolute Gasteiger partial charge is 0.490 e. The Morgan fingerprint density at radius 1 is 1.08 bits per heavy atom. The zero-order valence-corrected chi connectivity index (χ0v) is 21.4. The molecule has 0 saturated carbocycles. The van der Waals surface area contributed by atoms with Crippen LogP contribution in [-0.4, -0.2) is 52.0 Å². The number of amides is 2. The maximum atomic E-state index is 13.6. The number of hydrogen-bond donors (Lipinski definition) is 2. The van der Waals surface area contributed by atoms with E-state index in [1.165, 1.54) is 4.90 Å². The van der Waals surface area contributed by atoms with Crippen LogP contribution in [0.2, 0.25) is 0 Å². The number of nitrogens with zero attached hydrogens (tertiary/aromatic N) is 3. The lowest BCUT2D eigenvalue weighted by molar-refractivity contribution is -0.138. The molecule has 3 N–H and O–H groups in total. The van der Waals surface area contributed by atoms with Crippen LogP contribution in [0.1, 0.15) is 47.7 Å². The van der Waals surface area contributed by atoms with Gasteiger partial charge in [0.2, 0.25) is 5.91 Å². The number of carbonyl (C=O) groups is 3. The van der Waals surface area contributed by atoms with Crippen LogP contribution in [0.4, 0.5) is 11.5 Å². The summed E-state index contributed by atoms with van der Waals surface area (Å²) in [6.07, 6.45) is 3.68. The fourth-order valence-corrected chi connectivity index (χ4v) is 4.53. The molecule has 2 heterocycles. The summed E-state index contributed by atoms with van der Waals surface area (Å²) in [5, 5.41) is 9.30. The first kappa shape index (κ1) is 26.7. The molecule has 198 valence electrons. The minimum Gasteiger partial charge on any atom is -0.490 e. The maximum Gasteiger partial charge on any atom is 0.305 e. The molecule has 2 aromatic carbocycles. The van der Waals surface area contributed by atoms with Crippen LogP contribution in [0.25, 0.3) is 0 Å². The zero-order valence-electron chi connectivity index (χ0n) is 21.4. The van der Waals surface area contributed by atoms with E-state index in [4.69, 9.17) is 10.5 Å². The van der Waals surface area contributed by atoms with Crippen molar-refractivity contribution < 1.29 is 24.2 Å². The van der Waals surface area contributed by atoms with Crippen LogP contribution in [0, 0.1) is 0 Å². The Balaban J connectivity index is 1.52. The van der Waals surface area contributed by atoms with E-state index in [-0.39, 0.29) is 24.8 Å². The lowest BCUT2D eigenvalue weighted by atomic mass is 10.0. The molecule has 9 nitrogen and oxygen atoms in total. The molecule has 2 amide bonds. The first-order valence-electron chi connectivity index (χ1n) is 12.7. The number of nitrogen functional groups attached to an aromatic ring is 1. The number of anilines is 2. The third-order valence-electron chi connectivity index (χ3n) is 6.55. The van der Waals surface area contributed by atoms with Crippen molar-refractivity contribution in [1.82, 2.24) is 9.88 Å². The first-order chi connectivity index (χ1) is 18.3. The number of benzene rings is 2. The number of ether oxygens (including phenoxy) is 1. The molecule has 1 aliphatic rings. The van der Waals surface area contributed by atoms with Gasteiger partial charge in [-0.3, -0.25) is 14.4 Å². The van der Waals surface area contributed by atoms with Crippen molar-refractivity contribution in [3.63, 3.8) is 0 Å². The Hall–Kier alpha value is -4.40. The van der Waals surface area contributed by atoms with Gasteiger partial charge in [0.25, 0.3) is 5.91 Å². The van der Waals surface area contributed by atoms with E-state index >= 15 is 0 Å². The van der Waals surface area contributed by atoms with Crippen molar-refractivity contribution in [3.05, 3.63) is 83.6 Å². The molecule has 1 unspecified atom stereocenters. The molecule has 0 bridgehead atoms. The predicted octanol–water partition coefficient (Wildman–Crippen LogP) is 3.92. The maximum absolute atomic E-state index is 13.6. The first-order valence-corrected chi connectivity index (χ1v) is 12.7. The minimum absolute atomic E-state index is 0.182. The molecule has 3 aromatic rings.